The van der Waals surface area contributed by atoms with Crippen LogP contribution in [0.1, 0.15) is 28.9 Å². The van der Waals surface area contributed by atoms with Crippen molar-refractivity contribution in [2.75, 3.05) is 13.4 Å². The van der Waals surface area contributed by atoms with Gasteiger partial charge in [0.1, 0.15) is 11.5 Å². The van der Waals surface area contributed by atoms with Gasteiger partial charge in [0.05, 0.1) is 11.6 Å². The molecule has 3 aromatic carbocycles. The third-order valence-corrected chi connectivity index (χ3v) is 4.68. The molecule has 1 atom stereocenters. The molecule has 0 spiro atoms. The molecule has 0 radical (unpaired) electrons. The highest BCUT2D eigenvalue weighted by Crippen LogP contribution is 2.34. The zero-order valence-corrected chi connectivity index (χ0v) is 16.9. The van der Waals surface area contributed by atoms with Crippen LogP contribution in [0.3, 0.4) is 0 Å². The van der Waals surface area contributed by atoms with Gasteiger partial charge in [-0.3, -0.25) is 4.79 Å². The lowest BCUT2D eigenvalue weighted by atomic mass is 10.1. The van der Waals surface area contributed by atoms with Crippen LogP contribution in [0.2, 0.25) is 0 Å². The van der Waals surface area contributed by atoms with Crippen molar-refractivity contribution in [1.82, 2.24) is 5.32 Å². The molecular formula is C24H21NO6. The van der Waals surface area contributed by atoms with Crippen LogP contribution in [-0.4, -0.2) is 25.3 Å². The molecule has 31 heavy (non-hydrogen) atoms. The number of amides is 1. The summed E-state index contributed by atoms with van der Waals surface area (Å²) in [4.78, 5) is 24.4. The highest BCUT2D eigenvalue weighted by atomic mass is 16.7. The fourth-order valence-corrected chi connectivity index (χ4v) is 3.05. The SMILES string of the molecule is C[C@H](NC(=O)COC(=O)c1ccc(Oc2ccccc2)cc1)c1ccc2c(c1)OCO2. The summed E-state index contributed by atoms with van der Waals surface area (Å²) in [6.45, 7) is 1.65. The summed E-state index contributed by atoms with van der Waals surface area (Å²) in [5, 5.41) is 2.80. The van der Waals surface area contributed by atoms with E-state index in [-0.39, 0.29) is 19.4 Å². The molecular weight excluding hydrogens is 398 g/mol. The van der Waals surface area contributed by atoms with Gasteiger partial charge in [-0.1, -0.05) is 24.3 Å². The summed E-state index contributed by atoms with van der Waals surface area (Å²) in [7, 11) is 0. The van der Waals surface area contributed by atoms with Crippen LogP contribution < -0.4 is 19.5 Å². The molecule has 7 heteroatoms. The molecule has 1 heterocycles. The zero-order valence-electron chi connectivity index (χ0n) is 16.9. The third kappa shape index (κ3) is 5.14. The average Bonchev–Trinajstić information content (AvgIpc) is 3.26. The van der Waals surface area contributed by atoms with Gasteiger partial charge >= 0.3 is 5.97 Å². The summed E-state index contributed by atoms with van der Waals surface area (Å²) in [5.74, 6) is 1.63. The summed E-state index contributed by atoms with van der Waals surface area (Å²) in [5.41, 5.74) is 1.19. The van der Waals surface area contributed by atoms with E-state index >= 15 is 0 Å². The number of ether oxygens (including phenoxy) is 4. The van der Waals surface area contributed by atoms with Crippen LogP contribution in [0.25, 0.3) is 0 Å². The van der Waals surface area contributed by atoms with Crippen molar-refractivity contribution in [3.8, 4) is 23.0 Å². The van der Waals surface area contributed by atoms with E-state index in [9.17, 15) is 9.59 Å². The average molecular weight is 419 g/mol. The molecule has 0 saturated heterocycles. The van der Waals surface area contributed by atoms with Crippen molar-refractivity contribution in [1.29, 1.82) is 0 Å². The minimum atomic E-state index is -0.586. The lowest BCUT2D eigenvalue weighted by molar-refractivity contribution is -0.124. The van der Waals surface area contributed by atoms with Crippen LogP contribution in [0.4, 0.5) is 0 Å². The Morgan fingerprint density at radius 3 is 2.42 bits per heavy atom. The van der Waals surface area contributed by atoms with Gasteiger partial charge in [-0.15, -0.1) is 0 Å². The predicted octanol–water partition coefficient (Wildman–Crippen LogP) is 4.24. The first-order chi connectivity index (χ1) is 15.1. The Kier molecular flexibility index (Phi) is 6.03. The first-order valence-corrected chi connectivity index (χ1v) is 9.77. The van der Waals surface area contributed by atoms with Crippen LogP contribution in [0.15, 0.2) is 72.8 Å². The first kappa shape index (κ1) is 20.3. The zero-order chi connectivity index (χ0) is 21.6. The molecule has 1 amide bonds. The molecule has 4 rings (SSSR count). The Hall–Kier alpha value is -4.00. The van der Waals surface area contributed by atoms with Crippen molar-refractivity contribution >= 4 is 11.9 Å². The molecule has 0 aliphatic carbocycles. The molecule has 1 aliphatic heterocycles. The predicted molar refractivity (Wildman–Crippen MR) is 112 cm³/mol. The number of carbonyl (C=O) groups is 2. The maximum Gasteiger partial charge on any atom is 0.338 e. The normalized spacial score (nSPS) is 12.7. The standard InChI is InChI=1S/C24H21NO6/c1-16(18-9-12-21-22(13-18)30-15-29-21)25-23(26)14-28-24(27)17-7-10-20(11-8-17)31-19-5-3-2-4-6-19/h2-13,16H,14-15H2,1H3,(H,25,26)/t16-/m0/s1. The topological polar surface area (TPSA) is 83.1 Å². The van der Waals surface area contributed by atoms with Gasteiger partial charge in [0.15, 0.2) is 18.1 Å². The van der Waals surface area contributed by atoms with Gasteiger partial charge in [-0.05, 0) is 61.0 Å². The van der Waals surface area contributed by atoms with E-state index in [1.54, 1.807) is 30.3 Å². The number of benzene rings is 3. The number of hydrogen-bond acceptors (Lipinski definition) is 6. The molecule has 0 fully saturated rings. The number of esters is 1. The Labute approximate surface area is 179 Å². The van der Waals surface area contributed by atoms with Gasteiger partial charge in [0.25, 0.3) is 5.91 Å². The number of rotatable bonds is 7. The fourth-order valence-electron chi connectivity index (χ4n) is 3.05. The molecule has 0 unspecified atom stereocenters. The van der Waals surface area contributed by atoms with Gasteiger partial charge in [-0.25, -0.2) is 4.79 Å². The molecule has 1 N–H and O–H groups in total. The molecule has 158 valence electrons. The fraction of sp³-hybridized carbons (Fsp3) is 0.167. The minimum absolute atomic E-state index is 0.189. The first-order valence-electron chi connectivity index (χ1n) is 9.77. The molecule has 1 aliphatic rings. The number of carbonyl (C=O) groups excluding carboxylic acids is 2. The number of nitrogens with one attached hydrogen (secondary N) is 1. The smallest absolute Gasteiger partial charge is 0.338 e. The highest BCUT2D eigenvalue weighted by Gasteiger charge is 2.17. The van der Waals surface area contributed by atoms with Crippen molar-refractivity contribution < 1.29 is 28.5 Å². The van der Waals surface area contributed by atoms with Crippen molar-refractivity contribution in [2.45, 2.75) is 13.0 Å². The van der Waals surface area contributed by atoms with Crippen LogP contribution in [0.5, 0.6) is 23.0 Å². The van der Waals surface area contributed by atoms with E-state index in [1.165, 1.54) is 0 Å². The number of hydrogen-bond donors (Lipinski definition) is 1. The van der Waals surface area contributed by atoms with Crippen LogP contribution in [-0.2, 0) is 9.53 Å². The number of para-hydroxylation sites is 1. The molecule has 0 saturated carbocycles. The largest absolute Gasteiger partial charge is 0.457 e. The molecule has 0 aromatic heterocycles. The second-order valence-electron chi connectivity index (χ2n) is 6.92. The monoisotopic (exact) mass is 419 g/mol. The van der Waals surface area contributed by atoms with Gasteiger partial charge in [0.2, 0.25) is 6.79 Å². The number of fused-ring (bicyclic) bond motifs is 1. The van der Waals surface area contributed by atoms with E-state index in [0.717, 1.165) is 5.56 Å². The van der Waals surface area contributed by atoms with Crippen molar-refractivity contribution in [2.24, 2.45) is 0 Å². The van der Waals surface area contributed by atoms with Crippen LogP contribution in [0, 0.1) is 0 Å². The third-order valence-electron chi connectivity index (χ3n) is 4.68. The van der Waals surface area contributed by atoms with Gasteiger partial charge < -0.3 is 24.3 Å². The second-order valence-corrected chi connectivity index (χ2v) is 6.92. The van der Waals surface area contributed by atoms with Crippen molar-refractivity contribution in [3.05, 3.63) is 83.9 Å². The van der Waals surface area contributed by atoms with E-state index in [4.69, 9.17) is 18.9 Å². The van der Waals surface area contributed by atoms with Crippen LogP contribution >= 0.6 is 0 Å². The maximum atomic E-state index is 12.2. The lowest BCUT2D eigenvalue weighted by Crippen LogP contribution is -2.31. The second kappa shape index (κ2) is 9.21. The van der Waals surface area contributed by atoms with Gasteiger partial charge in [0, 0.05) is 0 Å². The quantitative estimate of drug-likeness (QED) is 0.577. The van der Waals surface area contributed by atoms with E-state index in [1.807, 2.05) is 49.4 Å². The summed E-state index contributed by atoms with van der Waals surface area (Å²) in [6, 6.07) is 21.0. The Bertz CT molecular complexity index is 1070. The molecule has 7 nitrogen and oxygen atoms in total. The highest BCUT2D eigenvalue weighted by molar-refractivity contribution is 5.91. The minimum Gasteiger partial charge on any atom is -0.457 e. The molecule has 0 bridgehead atoms. The summed E-state index contributed by atoms with van der Waals surface area (Å²) < 4.78 is 21.4. The molecule has 3 aromatic rings. The van der Waals surface area contributed by atoms with Gasteiger partial charge in [-0.2, -0.15) is 0 Å². The van der Waals surface area contributed by atoms with E-state index in [0.29, 0.717) is 28.6 Å². The maximum absolute atomic E-state index is 12.2. The summed E-state index contributed by atoms with van der Waals surface area (Å²) in [6.07, 6.45) is 0. The Morgan fingerprint density at radius 2 is 1.65 bits per heavy atom. The lowest BCUT2D eigenvalue weighted by Gasteiger charge is -2.15. The van der Waals surface area contributed by atoms with E-state index in [2.05, 4.69) is 5.32 Å². The van der Waals surface area contributed by atoms with Crippen molar-refractivity contribution in [3.63, 3.8) is 0 Å². The van der Waals surface area contributed by atoms with E-state index < -0.39 is 11.9 Å². The Morgan fingerprint density at radius 1 is 0.935 bits per heavy atom. The Balaban J connectivity index is 1.26. The summed E-state index contributed by atoms with van der Waals surface area (Å²) >= 11 is 0.